The first-order chi connectivity index (χ1) is 16.5. The lowest BCUT2D eigenvalue weighted by Gasteiger charge is -2.44. The van der Waals surface area contributed by atoms with E-state index in [1.807, 2.05) is 0 Å². The Morgan fingerprint density at radius 2 is 1.47 bits per heavy atom. The first-order valence-electron chi connectivity index (χ1n) is 11.3. The number of nitrogens with zero attached hydrogens (tertiary/aromatic N) is 6. The number of hydrogen-bond acceptors (Lipinski definition) is 7. The number of alkyl halides is 6. The minimum absolute atomic E-state index is 0.0200. The van der Waals surface area contributed by atoms with E-state index in [0.29, 0.717) is 12.4 Å². The van der Waals surface area contributed by atoms with E-state index < -0.39 is 48.1 Å². The molecule has 0 saturated carbocycles. The Bertz CT molecular complexity index is 926. The van der Waals surface area contributed by atoms with E-state index in [0.717, 1.165) is 4.90 Å². The monoisotopic (exact) mass is 526 g/mol. The van der Waals surface area contributed by atoms with E-state index in [2.05, 4.69) is 9.97 Å². The van der Waals surface area contributed by atoms with Crippen molar-refractivity contribution in [1.82, 2.24) is 24.7 Å². The lowest BCUT2D eigenvalue weighted by atomic mass is 10.1. The largest absolute Gasteiger partial charge is 0.444 e. The standard InChI is InChI=1S/C21H28F6N6O3/c1-19(2,3)36-18(35)32-8-9-33(13-20(22,23)24)15(12-32)16(34)30-4-6-31(7-5-30)17-28-10-14(11-29-17)21(25,26)27/h10-11,15H,4-9,12-13H2,1-3H3. The van der Waals surface area contributed by atoms with Crippen molar-refractivity contribution >= 4 is 17.9 Å². The minimum Gasteiger partial charge on any atom is -0.444 e. The molecule has 3 rings (SSSR count). The number of aromatic nitrogens is 2. The number of rotatable bonds is 3. The molecule has 2 aliphatic rings. The highest BCUT2D eigenvalue weighted by Crippen LogP contribution is 2.28. The van der Waals surface area contributed by atoms with Crippen molar-refractivity contribution in [2.75, 3.05) is 57.3 Å². The third-order valence-corrected chi connectivity index (χ3v) is 5.65. The van der Waals surface area contributed by atoms with Gasteiger partial charge in [-0.2, -0.15) is 26.3 Å². The fraction of sp³-hybridized carbons (Fsp3) is 0.714. The summed E-state index contributed by atoms with van der Waals surface area (Å²) in [5.74, 6) is -0.511. The molecule has 0 aromatic carbocycles. The van der Waals surface area contributed by atoms with Gasteiger partial charge in [-0.3, -0.25) is 9.69 Å². The molecule has 15 heteroatoms. The van der Waals surface area contributed by atoms with Gasteiger partial charge in [-0.1, -0.05) is 0 Å². The van der Waals surface area contributed by atoms with Crippen molar-refractivity contribution in [3.05, 3.63) is 18.0 Å². The molecule has 36 heavy (non-hydrogen) atoms. The van der Waals surface area contributed by atoms with Crippen LogP contribution in [0.2, 0.25) is 0 Å². The second-order valence-electron chi connectivity index (χ2n) is 9.61. The molecule has 2 aliphatic heterocycles. The smallest absolute Gasteiger partial charge is 0.419 e. The molecule has 9 nitrogen and oxygen atoms in total. The summed E-state index contributed by atoms with van der Waals surface area (Å²) in [5.41, 5.74) is -1.80. The third-order valence-electron chi connectivity index (χ3n) is 5.65. The Hall–Kier alpha value is -2.84. The number of anilines is 1. The maximum absolute atomic E-state index is 13.3. The van der Waals surface area contributed by atoms with E-state index in [9.17, 15) is 35.9 Å². The molecule has 1 aromatic rings. The number of hydrogen-bond donors (Lipinski definition) is 0. The van der Waals surface area contributed by atoms with Gasteiger partial charge in [0.2, 0.25) is 11.9 Å². The first-order valence-corrected chi connectivity index (χ1v) is 11.3. The van der Waals surface area contributed by atoms with Gasteiger partial charge in [0, 0.05) is 58.2 Å². The summed E-state index contributed by atoms with van der Waals surface area (Å²) in [5, 5.41) is 0. The normalized spacial score (nSPS) is 20.5. The van der Waals surface area contributed by atoms with Crippen molar-refractivity contribution < 1.29 is 40.7 Å². The molecule has 1 unspecified atom stereocenters. The molecule has 0 N–H and O–H groups in total. The highest BCUT2D eigenvalue weighted by atomic mass is 19.4. The molecule has 3 heterocycles. The third kappa shape index (κ3) is 7.34. The van der Waals surface area contributed by atoms with E-state index in [1.165, 1.54) is 9.80 Å². The molecule has 202 valence electrons. The molecule has 0 aliphatic carbocycles. The number of carbonyl (C=O) groups is 2. The van der Waals surface area contributed by atoms with Gasteiger partial charge in [0.1, 0.15) is 11.6 Å². The van der Waals surface area contributed by atoms with Crippen LogP contribution < -0.4 is 4.90 Å². The number of piperazine rings is 2. The van der Waals surface area contributed by atoms with Gasteiger partial charge in [0.15, 0.2) is 0 Å². The summed E-state index contributed by atoms with van der Waals surface area (Å²) in [4.78, 5) is 38.4. The molecule has 0 radical (unpaired) electrons. The average molecular weight is 526 g/mol. The maximum Gasteiger partial charge on any atom is 0.419 e. The number of ether oxygens (including phenoxy) is 1. The summed E-state index contributed by atoms with van der Waals surface area (Å²) >= 11 is 0. The molecular weight excluding hydrogens is 498 g/mol. The van der Waals surface area contributed by atoms with Gasteiger partial charge < -0.3 is 19.4 Å². The zero-order chi connectivity index (χ0) is 26.9. The van der Waals surface area contributed by atoms with Gasteiger partial charge in [-0.05, 0) is 20.8 Å². The molecule has 1 atom stereocenters. The topological polar surface area (TPSA) is 82.1 Å². The maximum atomic E-state index is 13.3. The van der Waals surface area contributed by atoms with Gasteiger partial charge in [-0.15, -0.1) is 0 Å². The Balaban J connectivity index is 1.67. The van der Waals surface area contributed by atoms with Crippen LogP contribution in [0.1, 0.15) is 26.3 Å². The number of amides is 2. The summed E-state index contributed by atoms with van der Waals surface area (Å²) in [6.45, 7) is 3.81. The predicted molar refractivity (Wildman–Crippen MR) is 115 cm³/mol. The van der Waals surface area contributed by atoms with Crippen molar-refractivity contribution in [3.8, 4) is 0 Å². The second kappa shape index (κ2) is 10.3. The zero-order valence-corrected chi connectivity index (χ0v) is 20.1. The van der Waals surface area contributed by atoms with Gasteiger partial charge in [0.25, 0.3) is 0 Å². The SMILES string of the molecule is CC(C)(C)OC(=O)N1CCN(CC(F)(F)F)C(C(=O)N2CCN(c3ncc(C(F)(F)F)cn3)CC2)C1. The van der Waals surface area contributed by atoms with Crippen LogP contribution in [0, 0.1) is 0 Å². The van der Waals surface area contributed by atoms with E-state index in [1.54, 1.807) is 25.7 Å². The van der Waals surface area contributed by atoms with Gasteiger partial charge in [-0.25, -0.2) is 14.8 Å². The van der Waals surface area contributed by atoms with Crippen LogP contribution in [0.4, 0.5) is 37.1 Å². The molecule has 2 saturated heterocycles. The van der Waals surface area contributed by atoms with Crippen LogP contribution in [-0.4, -0.2) is 107 Å². The lowest BCUT2D eigenvalue weighted by Crippen LogP contribution is -2.63. The summed E-state index contributed by atoms with van der Waals surface area (Å²) < 4.78 is 83.0. The fourth-order valence-corrected chi connectivity index (χ4v) is 3.94. The quantitative estimate of drug-likeness (QED) is 0.561. The van der Waals surface area contributed by atoms with Crippen molar-refractivity contribution in [2.45, 2.75) is 44.8 Å². The lowest BCUT2D eigenvalue weighted by molar-refractivity contribution is -0.163. The van der Waals surface area contributed by atoms with Crippen LogP contribution in [0.3, 0.4) is 0 Å². The van der Waals surface area contributed by atoms with Crippen LogP contribution in [0.25, 0.3) is 0 Å². The Morgan fingerprint density at radius 1 is 0.917 bits per heavy atom. The van der Waals surface area contributed by atoms with Gasteiger partial charge in [0.05, 0.1) is 12.1 Å². The number of halogens is 6. The fourth-order valence-electron chi connectivity index (χ4n) is 3.94. The average Bonchev–Trinajstić information content (AvgIpc) is 2.76. The first kappa shape index (κ1) is 27.7. The summed E-state index contributed by atoms with van der Waals surface area (Å²) in [6.07, 6.45) is -8.48. The Kier molecular flexibility index (Phi) is 7.91. The zero-order valence-electron chi connectivity index (χ0n) is 20.1. The van der Waals surface area contributed by atoms with Crippen molar-refractivity contribution in [2.24, 2.45) is 0 Å². The van der Waals surface area contributed by atoms with E-state index >= 15 is 0 Å². The molecule has 2 amide bonds. The summed E-state index contributed by atoms with van der Waals surface area (Å²) in [7, 11) is 0. The molecule has 0 spiro atoms. The van der Waals surface area contributed by atoms with Crippen LogP contribution in [0.15, 0.2) is 12.4 Å². The van der Waals surface area contributed by atoms with Crippen molar-refractivity contribution in [1.29, 1.82) is 0 Å². The van der Waals surface area contributed by atoms with Gasteiger partial charge >= 0.3 is 18.4 Å². The van der Waals surface area contributed by atoms with Crippen LogP contribution in [-0.2, 0) is 15.7 Å². The molecular formula is C21H28F6N6O3. The molecule has 0 bridgehead atoms. The summed E-state index contributed by atoms with van der Waals surface area (Å²) in [6, 6.07) is -1.22. The molecule has 1 aromatic heterocycles. The van der Waals surface area contributed by atoms with Crippen LogP contribution >= 0.6 is 0 Å². The number of carbonyl (C=O) groups excluding carboxylic acids is 2. The van der Waals surface area contributed by atoms with Crippen LogP contribution in [0.5, 0.6) is 0 Å². The van der Waals surface area contributed by atoms with Crippen molar-refractivity contribution in [3.63, 3.8) is 0 Å². The highest BCUT2D eigenvalue weighted by Gasteiger charge is 2.43. The van der Waals surface area contributed by atoms with E-state index in [-0.39, 0.29) is 51.8 Å². The predicted octanol–water partition coefficient (Wildman–Crippen LogP) is 2.63. The second-order valence-corrected chi connectivity index (χ2v) is 9.61. The highest BCUT2D eigenvalue weighted by molar-refractivity contribution is 5.83. The minimum atomic E-state index is -4.57. The van der Waals surface area contributed by atoms with E-state index in [4.69, 9.17) is 4.74 Å². The molecule has 2 fully saturated rings. The Labute approximate surface area is 204 Å². The Morgan fingerprint density at radius 3 is 1.97 bits per heavy atom.